The minimum atomic E-state index is -0.305. The molecule has 2 N–H and O–H groups in total. The Labute approximate surface area is 130 Å². The van der Waals surface area contributed by atoms with E-state index in [1.165, 1.54) is 0 Å². The van der Waals surface area contributed by atoms with E-state index in [0.29, 0.717) is 11.1 Å². The van der Waals surface area contributed by atoms with Gasteiger partial charge in [0.15, 0.2) is 5.78 Å². The summed E-state index contributed by atoms with van der Waals surface area (Å²) >= 11 is 0. The Hall–Kier alpha value is -2.42. The number of primary amides is 1. The first kappa shape index (κ1) is 14.5. The van der Waals surface area contributed by atoms with Gasteiger partial charge in [0.05, 0.1) is 5.92 Å². The van der Waals surface area contributed by atoms with Crippen molar-refractivity contribution >= 4 is 11.7 Å². The molecule has 0 radical (unpaired) electrons. The van der Waals surface area contributed by atoms with Crippen LogP contribution in [0.1, 0.15) is 51.4 Å². The van der Waals surface area contributed by atoms with Crippen molar-refractivity contribution in [2.45, 2.75) is 32.1 Å². The van der Waals surface area contributed by atoms with Crippen molar-refractivity contribution in [1.29, 1.82) is 0 Å². The third kappa shape index (κ3) is 2.54. The van der Waals surface area contributed by atoms with Crippen molar-refractivity contribution in [3.8, 4) is 0 Å². The smallest absolute Gasteiger partial charge is 0.224 e. The summed E-state index contributed by atoms with van der Waals surface area (Å²) in [6.07, 6.45) is 2.48. The van der Waals surface area contributed by atoms with Crippen molar-refractivity contribution in [1.82, 2.24) is 0 Å². The van der Waals surface area contributed by atoms with E-state index >= 15 is 0 Å². The van der Waals surface area contributed by atoms with E-state index in [1.54, 1.807) is 0 Å². The van der Waals surface area contributed by atoms with Crippen molar-refractivity contribution < 1.29 is 9.59 Å². The summed E-state index contributed by atoms with van der Waals surface area (Å²) in [6.45, 7) is 2.00. The molecule has 1 atom stereocenters. The second kappa shape index (κ2) is 5.76. The maximum absolute atomic E-state index is 12.8. The van der Waals surface area contributed by atoms with Crippen LogP contribution in [0.4, 0.5) is 0 Å². The predicted octanol–water partition coefficient (Wildman–Crippen LogP) is 3.13. The molecule has 3 nitrogen and oxygen atoms in total. The van der Waals surface area contributed by atoms with Gasteiger partial charge in [0.2, 0.25) is 5.91 Å². The van der Waals surface area contributed by atoms with Gasteiger partial charge in [0, 0.05) is 11.1 Å². The summed E-state index contributed by atoms with van der Waals surface area (Å²) in [5.74, 6) is -0.558. The molecule has 2 aromatic rings. The number of rotatable bonds is 3. The quantitative estimate of drug-likeness (QED) is 0.884. The summed E-state index contributed by atoms with van der Waals surface area (Å²) in [6, 6.07) is 13.2. The van der Waals surface area contributed by atoms with Crippen molar-refractivity contribution in [3.05, 3.63) is 70.3 Å². The lowest BCUT2D eigenvalue weighted by atomic mass is 9.79. The highest BCUT2D eigenvalue weighted by Gasteiger charge is 2.27. The summed E-state index contributed by atoms with van der Waals surface area (Å²) in [5, 5.41) is 0. The van der Waals surface area contributed by atoms with E-state index in [4.69, 9.17) is 5.73 Å². The highest BCUT2D eigenvalue weighted by atomic mass is 16.1. The number of hydrogen-bond acceptors (Lipinski definition) is 2. The maximum atomic E-state index is 12.8. The molecule has 0 aliphatic heterocycles. The van der Waals surface area contributed by atoms with Gasteiger partial charge in [-0.1, -0.05) is 48.0 Å². The SMILES string of the molecule is Cc1ccc(C(=O)c2cccc3c2CCCC3C(N)=O)cc1. The molecule has 0 saturated heterocycles. The Balaban J connectivity index is 2.05. The number of aryl methyl sites for hydroxylation is 1. The number of nitrogens with two attached hydrogens (primary N) is 1. The Morgan fingerprint density at radius 1 is 1.09 bits per heavy atom. The molecule has 0 saturated carbocycles. The molecule has 0 fully saturated rings. The summed E-state index contributed by atoms with van der Waals surface area (Å²) in [5.41, 5.74) is 9.94. The number of ketones is 1. The van der Waals surface area contributed by atoms with Gasteiger partial charge >= 0.3 is 0 Å². The Kier molecular flexibility index (Phi) is 3.80. The van der Waals surface area contributed by atoms with Crippen LogP contribution in [0.25, 0.3) is 0 Å². The summed E-state index contributed by atoms with van der Waals surface area (Å²) in [4.78, 5) is 24.4. The number of carbonyl (C=O) groups is 2. The monoisotopic (exact) mass is 293 g/mol. The first-order chi connectivity index (χ1) is 10.6. The van der Waals surface area contributed by atoms with Gasteiger partial charge in [0.25, 0.3) is 0 Å². The van der Waals surface area contributed by atoms with Gasteiger partial charge < -0.3 is 5.73 Å². The fraction of sp³-hybridized carbons (Fsp3) is 0.263. The average molecular weight is 293 g/mol. The van der Waals surface area contributed by atoms with Gasteiger partial charge in [0.1, 0.15) is 0 Å². The van der Waals surface area contributed by atoms with Gasteiger partial charge in [-0.2, -0.15) is 0 Å². The normalized spacial score (nSPS) is 16.9. The minimum Gasteiger partial charge on any atom is -0.369 e. The largest absolute Gasteiger partial charge is 0.369 e. The van der Waals surface area contributed by atoms with E-state index in [0.717, 1.165) is 36.0 Å². The molecule has 0 heterocycles. The lowest BCUT2D eigenvalue weighted by molar-refractivity contribution is -0.119. The number of carbonyl (C=O) groups excluding carboxylic acids is 2. The third-order valence-electron chi connectivity index (χ3n) is 4.41. The molecule has 22 heavy (non-hydrogen) atoms. The van der Waals surface area contributed by atoms with Crippen molar-refractivity contribution in [2.75, 3.05) is 0 Å². The molecule has 1 aliphatic carbocycles. The highest BCUT2D eigenvalue weighted by molar-refractivity contribution is 6.10. The summed E-state index contributed by atoms with van der Waals surface area (Å²) < 4.78 is 0. The molecule has 0 spiro atoms. The third-order valence-corrected chi connectivity index (χ3v) is 4.41. The van der Waals surface area contributed by atoms with E-state index in [-0.39, 0.29) is 17.6 Å². The zero-order valence-corrected chi connectivity index (χ0v) is 12.6. The molecule has 1 aliphatic rings. The standard InChI is InChI=1S/C19H19NO2/c1-12-8-10-13(11-9-12)18(21)16-6-2-5-15-14(16)4-3-7-17(15)19(20)22/h2,5-6,8-11,17H,3-4,7H2,1H3,(H2,20,22). The lowest BCUT2D eigenvalue weighted by Crippen LogP contribution is -2.26. The fourth-order valence-corrected chi connectivity index (χ4v) is 3.22. The number of fused-ring (bicyclic) bond motifs is 1. The first-order valence-electron chi connectivity index (χ1n) is 7.60. The fourth-order valence-electron chi connectivity index (χ4n) is 3.22. The Morgan fingerprint density at radius 2 is 1.82 bits per heavy atom. The van der Waals surface area contributed by atoms with E-state index < -0.39 is 0 Å². The van der Waals surface area contributed by atoms with Crippen LogP contribution in [-0.4, -0.2) is 11.7 Å². The lowest BCUT2D eigenvalue weighted by Gasteiger charge is -2.25. The highest BCUT2D eigenvalue weighted by Crippen LogP contribution is 2.34. The molecule has 1 amide bonds. The average Bonchev–Trinajstić information content (AvgIpc) is 2.53. The molecule has 112 valence electrons. The minimum absolute atomic E-state index is 0.0157. The van der Waals surface area contributed by atoms with E-state index in [2.05, 4.69) is 0 Å². The van der Waals surface area contributed by atoms with E-state index in [1.807, 2.05) is 49.4 Å². The van der Waals surface area contributed by atoms with Crippen LogP contribution in [-0.2, 0) is 11.2 Å². The molecule has 3 rings (SSSR count). The van der Waals surface area contributed by atoms with E-state index in [9.17, 15) is 9.59 Å². The zero-order chi connectivity index (χ0) is 15.7. The molecule has 0 aromatic heterocycles. The molecule has 0 bridgehead atoms. The van der Waals surface area contributed by atoms with Gasteiger partial charge in [-0.05, 0) is 37.3 Å². The van der Waals surface area contributed by atoms with Crippen LogP contribution < -0.4 is 5.73 Å². The second-order valence-corrected chi connectivity index (χ2v) is 5.92. The Morgan fingerprint density at radius 3 is 2.50 bits per heavy atom. The van der Waals surface area contributed by atoms with Crippen molar-refractivity contribution in [3.63, 3.8) is 0 Å². The molecule has 1 unspecified atom stereocenters. The van der Waals surface area contributed by atoms with Crippen LogP contribution in [0.15, 0.2) is 42.5 Å². The summed E-state index contributed by atoms with van der Waals surface area (Å²) in [7, 11) is 0. The van der Waals surface area contributed by atoms with Crippen LogP contribution in [0.5, 0.6) is 0 Å². The van der Waals surface area contributed by atoms with Crippen molar-refractivity contribution in [2.24, 2.45) is 5.73 Å². The van der Waals surface area contributed by atoms with Gasteiger partial charge in [-0.15, -0.1) is 0 Å². The van der Waals surface area contributed by atoms with Gasteiger partial charge in [-0.3, -0.25) is 9.59 Å². The molecule has 2 aromatic carbocycles. The number of hydrogen-bond donors (Lipinski definition) is 1. The first-order valence-corrected chi connectivity index (χ1v) is 7.60. The van der Waals surface area contributed by atoms with Crippen LogP contribution in [0.3, 0.4) is 0 Å². The number of benzene rings is 2. The molecule has 3 heteroatoms. The zero-order valence-electron chi connectivity index (χ0n) is 12.6. The molecular formula is C19H19NO2. The van der Waals surface area contributed by atoms with Crippen LogP contribution in [0.2, 0.25) is 0 Å². The van der Waals surface area contributed by atoms with Gasteiger partial charge in [-0.25, -0.2) is 0 Å². The Bertz CT molecular complexity index is 732. The predicted molar refractivity (Wildman–Crippen MR) is 85.9 cm³/mol. The van der Waals surface area contributed by atoms with Crippen LogP contribution >= 0.6 is 0 Å². The molecular weight excluding hydrogens is 274 g/mol. The maximum Gasteiger partial charge on any atom is 0.224 e. The number of amides is 1. The topological polar surface area (TPSA) is 60.2 Å². The second-order valence-electron chi connectivity index (χ2n) is 5.92. The van der Waals surface area contributed by atoms with Crippen LogP contribution in [0, 0.1) is 6.92 Å².